The minimum atomic E-state index is -0.212. The van der Waals surface area contributed by atoms with E-state index in [0.29, 0.717) is 5.84 Å². The van der Waals surface area contributed by atoms with Crippen molar-refractivity contribution in [3.05, 3.63) is 29.6 Å². The number of hydrogen-bond acceptors (Lipinski definition) is 5. The van der Waals surface area contributed by atoms with Gasteiger partial charge in [-0.2, -0.15) is 11.8 Å². The molecule has 0 radical (unpaired) electrons. The van der Waals surface area contributed by atoms with Gasteiger partial charge in [0.1, 0.15) is 0 Å². The smallest absolute Gasteiger partial charge is 0.155 e. The zero-order chi connectivity index (χ0) is 14.6. The van der Waals surface area contributed by atoms with Crippen molar-refractivity contribution in [1.29, 1.82) is 0 Å². The standard InChI is InChI=1S/C14H22N4OS/c1-11-7-12(9-16-8-11)10-18-5-3-14(20-2,4-6-18)13(15)17-19/h7-9,19H,3-6,10H2,1-2H3,(H2,15,17). The van der Waals surface area contributed by atoms with Crippen molar-refractivity contribution in [3.8, 4) is 0 Å². The second kappa shape index (κ2) is 6.45. The Labute approximate surface area is 124 Å². The van der Waals surface area contributed by atoms with Crippen molar-refractivity contribution in [3.63, 3.8) is 0 Å². The molecular weight excluding hydrogens is 272 g/mol. The van der Waals surface area contributed by atoms with Gasteiger partial charge in [-0.25, -0.2) is 0 Å². The molecule has 2 rings (SSSR count). The summed E-state index contributed by atoms with van der Waals surface area (Å²) >= 11 is 1.68. The second-order valence-corrected chi connectivity index (χ2v) is 6.52. The van der Waals surface area contributed by atoms with Crippen LogP contribution in [0.4, 0.5) is 0 Å². The molecule has 0 aliphatic carbocycles. The Morgan fingerprint density at radius 3 is 2.75 bits per heavy atom. The highest BCUT2D eigenvalue weighted by Crippen LogP contribution is 2.35. The van der Waals surface area contributed by atoms with E-state index in [1.807, 2.05) is 18.6 Å². The van der Waals surface area contributed by atoms with Gasteiger partial charge in [0.25, 0.3) is 0 Å². The van der Waals surface area contributed by atoms with Crippen LogP contribution in [0, 0.1) is 6.92 Å². The van der Waals surface area contributed by atoms with E-state index >= 15 is 0 Å². The summed E-state index contributed by atoms with van der Waals surface area (Å²) in [6.45, 7) is 4.87. The van der Waals surface area contributed by atoms with Crippen LogP contribution in [0.25, 0.3) is 0 Å². The molecule has 0 saturated carbocycles. The molecule has 6 heteroatoms. The lowest BCUT2D eigenvalue weighted by molar-refractivity contribution is 0.209. The van der Waals surface area contributed by atoms with Crippen LogP contribution in [-0.2, 0) is 6.54 Å². The molecule has 1 aromatic heterocycles. The Balaban J connectivity index is 1.97. The predicted molar refractivity (Wildman–Crippen MR) is 83.1 cm³/mol. The summed E-state index contributed by atoms with van der Waals surface area (Å²) in [5.74, 6) is 0.349. The van der Waals surface area contributed by atoms with Gasteiger partial charge in [0, 0.05) is 32.0 Å². The zero-order valence-corrected chi connectivity index (χ0v) is 12.9. The molecule has 0 bridgehead atoms. The van der Waals surface area contributed by atoms with E-state index in [1.54, 1.807) is 11.8 Å². The van der Waals surface area contributed by atoms with E-state index in [2.05, 4.69) is 28.0 Å². The highest BCUT2D eigenvalue weighted by atomic mass is 32.2. The largest absolute Gasteiger partial charge is 0.409 e. The Morgan fingerprint density at radius 2 is 2.20 bits per heavy atom. The van der Waals surface area contributed by atoms with Crippen LogP contribution in [0.15, 0.2) is 23.6 Å². The van der Waals surface area contributed by atoms with Crippen LogP contribution in [0.3, 0.4) is 0 Å². The zero-order valence-electron chi connectivity index (χ0n) is 12.0. The molecule has 110 valence electrons. The number of nitrogens with two attached hydrogens (primary N) is 1. The summed E-state index contributed by atoms with van der Waals surface area (Å²) < 4.78 is -0.212. The molecule has 1 saturated heterocycles. The van der Waals surface area contributed by atoms with Crippen LogP contribution < -0.4 is 5.73 Å². The first-order valence-electron chi connectivity index (χ1n) is 6.76. The molecular formula is C14H22N4OS. The molecule has 0 unspecified atom stereocenters. The first kappa shape index (κ1) is 15.1. The topological polar surface area (TPSA) is 74.7 Å². The fourth-order valence-corrected chi connectivity index (χ4v) is 3.53. The fourth-order valence-electron chi connectivity index (χ4n) is 2.69. The molecule has 3 N–H and O–H groups in total. The van der Waals surface area contributed by atoms with E-state index < -0.39 is 0 Å². The van der Waals surface area contributed by atoms with Crippen molar-refractivity contribution in [2.75, 3.05) is 19.3 Å². The molecule has 1 fully saturated rings. The first-order chi connectivity index (χ1) is 9.59. The number of rotatable bonds is 4. The lowest BCUT2D eigenvalue weighted by atomic mass is 9.94. The van der Waals surface area contributed by atoms with E-state index in [9.17, 15) is 0 Å². The number of hydrogen-bond donors (Lipinski definition) is 2. The molecule has 0 amide bonds. The summed E-state index contributed by atoms with van der Waals surface area (Å²) in [4.78, 5) is 6.63. The fraction of sp³-hybridized carbons (Fsp3) is 0.571. The van der Waals surface area contributed by atoms with Crippen LogP contribution in [0.1, 0.15) is 24.0 Å². The Kier molecular flexibility index (Phi) is 4.88. The normalized spacial score (nSPS) is 20.0. The number of amidine groups is 1. The van der Waals surface area contributed by atoms with Gasteiger partial charge in [-0.15, -0.1) is 0 Å². The average molecular weight is 294 g/mol. The Hall–Kier alpha value is -1.27. The van der Waals surface area contributed by atoms with E-state index in [0.717, 1.165) is 32.5 Å². The number of nitrogens with zero attached hydrogens (tertiary/aromatic N) is 3. The van der Waals surface area contributed by atoms with E-state index in [-0.39, 0.29) is 4.75 Å². The highest BCUT2D eigenvalue weighted by Gasteiger charge is 2.38. The van der Waals surface area contributed by atoms with Gasteiger partial charge in [-0.05, 0) is 37.1 Å². The molecule has 1 aromatic rings. The van der Waals surface area contributed by atoms with Crippen molar-refractivity contribution in [2.45, 2.75) is 31.1 Å². The van der Waals surface area contributed by atoms with Gasteiger partial charge < -0.3 is 10.9 Å². The minimum Gasteiger partial charge on any atom is -0.409 e. The van der Waals surface area contributed by atoms with E-state index in [1.165, 1.54) is 11.1 Å². The van der Waals surface area contributed by atoms with E-state index in [4.69, 9.17) is 10.9 Å². The van der Waals surface area contributed by atoms with Crippen molar-refractivity contribution < 1.29 is 5.21 Å². The number of likely N-dealkylation sites (tertiary alicyclic amines) is 1. The predicted octanol–water partition coefficient (Wildman–Crippen LogP) is 1.83. The number of aromatic nitrogens is 1. The maximum atomic E-state index is 8.94. The number of oxime groups is 1. The number of thioether (sulfide) groups is 1. The van der Waals surface area contributed by atoms with Crippen LogP contribution in [-0.4, -0.2) is 45.0 Å². The average Bonchev–Trinajstić information content (AvgIpc) is 2.47. The molecule has 2 heterocycles. The van der Waals surface area contributed by atoms with Gasteiger partial charge >= 0.3 is 0 Å². The summed E-state index contributed by atoms with van der Waals surface area (Å²) in [5, 5.41) is 12.2. The Morgan fingerprint density at radius 1 is 1.50 bits per heavy atom. The number of pyridine rings is 1. The lowest BCUT2D eigenvalue weighted by Gasteiger charge is -2.39. The maximum Gasteiger partial charge on any atom is 0.155 e. The van der Waals surface area contributed by atoms with Crippen LogP contribution in [0.2, 0.25) is 0 Å². The molecule has 5 nitrogen and oxygen atoms in total. The van der Waals surface area contributed by atoms with Crippen LogP contribution in [0.5, 0.6) is 0 Å². The van der Waals surface area contributed by atoms with Gasteiger partial charge in [0.2, 0.25) is 0 Å². The highest BCUT2D eigenvalue weighted by molar-refractivity contribution is 8.00. The molecule has 0 aromatic carbocycles. The first-order valence-corrected chi connectivity index (χ1v) is 7.98. The van der Waals surface area contributed by atoms with Crippen molar-refractivity contribution in [2.24, 2.45) is 10.9 Å². The second-order valence-electron chi connectivity index (χ2n) is 5.33. The van der Waals surface area contributed by atoms with Gasteiger partial charge in [-0.3, -0.25) is 9.88 Å². The van der Waals surface area contributed by atoms with Gasteiger partial charge in [0.05, 0.1) is 4.75 Å². The van der Waals surface area contributed by atoms with Crippen LogP contribution >= 0.6 is 11.8 Å². The number of aryl methyl sites for hydroxylation is 1. The van der Waals surface area contributed by atoms with Gasteiger partial charge in [0.15, 0.2) is 5.84 Å². The van der Waals surface area contributed by atoms with Gasteiger partial charge in [-0.1, -0.05) is 11.2 Å². The number of piperidine rings is 1. The molecule has 0 atom stereocenters. The lowest BCUT2D eigenvalue weighted by Crippen LogP contribution is -2.49. The Bertz CT molecular complexity index is 484. The summed E-state index contributed by atoms with van der Waals surface area (Å²) in [6, 6.07) is 2.17. The molecule has 20 heavy (non-hydrogen) atoms. The molecule has 1 aliphatic heterocycles. The molecule has 0 spiro atoms. The maximum absolute atomic E-state index is 8.94. The SMILES string of the molecule is CSC1(/C(N)=N/O)CCN(Cc2cncc(C)c2)CC1. The minimum absolute atomic E-state index is 0.212. The summed E-state index contributed by atoms with van der Waals surface area (Å²) in [5.41, 5.74) is 8.29. The quantitative estimate of drug-likeness (QED) is 0.383. The molecule has 1 aliphatic rings. The monoisotopic (exact) mass is 294 g/mol. The van der Waals surface area contributed by atoms with Crippen molar-refractivity contribution >= 4 is 17.6 Å². The third-order valence-corrected chi connectivity index (χ3v) is 5.37. The third-order valence-electron chi connectivity index (χ3n) is 3.97. The third kappa shape index (κ3) is 3.24. The van der Waals surface area contributed by atoms with Crippen molar-refractivity contribution in [1.82, 2.24) is 9.88 Å². The summed E-state index contributed by atoms with van der Waals surface area (Å²) in [6.07, 6.45) is 7.63. The summed E-state index contributed by atoms with van der Waals surface area (Å²) in [7, 11) is 0.